The van der Waals surface area contributed by atoms with Crippen LogP contribution in [0.2, 0.25) is 0 Å². The van der Waals surface area contributed by atoms with Gasteiger partial charge in [0.2, 0.25) is 0 Å². The standard InChI is InChI=1S/C9H17NO.C9H7NS.C7H14/c1-3-8(2)11-7-9-5-4-6-10-9;1-2-4-8(5-3-1)9-10-6-7-11-9;1-4-6-7(3)5-2/h3,8-10H,1,4-7H2,2H3;1-7H;5H,4,6H2,1-3H3/b;;7-5+/t8?,9-;;/m1../s1. The normalized spacial score (nSPS) is 16.8. The zero-order chi connectivity index (χ0) is 21.3. The van der Waals surface area contributed by atoms with Crippen LogP contribution in [0.15, 0.2) is 66.2 Å². The lowest BCUT2D eigenvalue weighted by molar-refractivity contribution is 0.0823. The van der Waals surface area contributed by atoms with E-state index in [-0.39, 0.29) is 6.10 Å². The molecular weight excluding hydrogens is 376 g/mol. The number of hydrogen-bond acceptors (Lipinski definition) is 4. The first-order chi connectivity index (χ1) is 14.1. The van der Waals surface area contributed by atoms with E-state index in [1.54, 1.807) is 11.3 Å². The maximum absolute atomic E-state index is 5.49. The number of aromatic nitrogens is 1. The molecule has 0 bridgehead atoms. The number of nitrogens with zero attached hydrogens (tertiary/aromatic N) is 1. The Morgan fingerprint density at radius 1 is 1.38 bits per heavy atom. The topological polar surface area (TPSA) is 34.1 Å². The summed E-state index contributed by atoms with van der Waals surface area (Å²) in [5, 5.41) is 6.45. The molecule has 1 aromatic heterocycles. The zero-order valence-electron chi connectivity index (χ0n) is 18.6. The van der Waals surface area contributed by atoms with Gasteiger partial charge >= 0.3 is 0 Å². The minimum atomic E-state index is 0.192. The SMILES string of the molecule is C/C=C(\C)CCC.C=CC(C)OC[C@H]1CCCN1.c1ccc(-c2nccs2)cc1. The fraction of sp³-hybridized carbons (Fsp3) is 0.480. The van der Waals surface area contributed by atoms with Gasteiger partial charge in [0.25, 0.3) is 0 Å². The van der Waals surface area contributed by atoms with Crippen LogP contribution in [0.1, 0.15) is 53.4 Å². The van der Waals surface area contributed by atoms with Gasteiger partial charge in [0.1, 0.15) is 5.01 Å². The molecule has 3 nitrogen and oxygen atoms in total. The van der Waals surface area contributed by atoms with Crippen LogP contribution in [0.25, 0.3) is 10.6 Å². The third-order valence-electron chi connectivity index (χ3n) is 4.64. The van der Waals surface area contributed by atoms with Gasteiger partial charge in [0, 0.05) is 23.2 Å². The molecule has 3 rings (SSSR count). The summed E-state index contributed by atoms with van der Waals surface area (Å²) in [5.41, 5.74) is 2.70. The van der Waals surface area contributed by atoms with E-state index in [0.717, 1.165) is 18.2 Å². The van der Waals surface area contributed by atoms with Crippen molar-refractivity contribution >= 4 is 11.3 Å². The molecule has 29 heavy (non-hydrogen) atoms. The predicted molar refractivity (Wildman–Crippen MR) is 129 cm³/mol. The monoisotopic (exact) mass is 414 g/mol. The van der Waals surface area contributed by atoms with E-state index in [9.17, 15) is 0 Å². The molecule has 4 heteroatoms. The van der Waals surface area contributed by atoms with Gasteiger partial charge in [-0.1, -0.05) is 61.4 Å². The van der Waals surface area contributed by atoms with Crippen LogP contribution < -0.4 is 5.32 Å². The maximum atomic E-state index is 5.49. The highest BCUT2D eigenvalue weighted by Crippen LogP contribution is 2.20. The number of allylic oxidation sites excluding steroid dienone is 2. The van der Waals surface area contributed by atoms with E-state index in [1.807, 2.05) is 42.8 Å². The van der Waals surface area contributed by atoms with Crippen molar-refractivity contribution in [2.24, 2.45) is 0 Å². The van der Waals surface area contributed by atoms with Gasteiger partial charge in [-0.25, -0.2) is 4.98 Å². The molecule has 2 heterocycles. The second-order valence-corrected chi connectivity index (χ2v) is 8.05. The molecule has 0 radical (unpaired) electrons. The minimum Gasteiger partial charge on any atom is -0.373 e. The average Bonchev–Trinajstić information content (AvgIpc) is 3.48. The van der Waals surface area contributed by atoms with Crippen LogP contribution >= 0.6 is 11.3 Å². The van der Waals surface area contributed by atoms with Crippen molar-refractivity contribution in [1.29, 1.82) is 0 Å². The van der Waals surface area contributed by atoms with Crippen molar-refractivity contribution in [2.45, 2.75) is 65.5 Å². The van der Waals surface area contributed by atoms with Crippen molar-refractivity contribution in [3.8, 4) is 10.6 Å². The molecule has 0 spiro atoms. The molecule has 2 atom stereocenters. The lowest BCUT2D eigenvalue weighted by Gasteiger charge is -2.13. The molecule has 1 fully saturated rings. The summed E-state index contributed by atoms with van der Waals surface area (Å²) < 4.78 is 5.49. The molecule has 1 unspecified atom stereocenters. The van der Waals surface area contributed by atoms with Gasteiger partial charge in [-0.2, -0.15) is 0 Å². The molecule has 0 aliphatic carbocycles. The number of ether oxygens (including phenoxy) is 1. The quantitative estimate of drug-likeness (QED) is 0.501. The Hall–Kier alpha value is -1.75. The lowest BCUT2D eigenvalue weighted by Crippen LogP contribution is -2.28. The molecule has 1 saturated heterocycles. The Labute approximate surface area is 181 Å². The van der Waals surface area contributed by atoms with E-state index in [4.69, 9.17) is 4.74 Å². The van der Waals surface area contributed by atoms with Gasteiger partial charge in [-0.3, -0.25) is 0 Å². The van der Waals surface area contributed by atoms with Crippen LogP contribution in [0, 0.1) is 0 Å². The number of rotatable bonds is 7. The highest BCUT2D eigenvalue weighted by Gasteiger charge is 2.14. The van der Waals surface area contributed by atoms with E-state index in [2.05, 4.69) is 55.9 Å². The van der Waals surface area contributed by atoms with E-state index in [0.29, 0.717) is 6.04 Å². The van der Waals surface area contributed by atoms with Crippen molar-refractivity contribution < 1.29 is 4.74 Å². The highest BCUT2D eigenvalue weighted by atomic mass is 32.1. The Bertz CT molecular complexity index is 661. The van der Waals surface area contributed by atoms with Crippen LogP contribution in [-0.4, -0.2) is 30.3 Å². The van der Waals surface area contributed by atoms with Gasteiger partial charge in [0.05, 0.1) is 12.7 Å². The number of benzene rings is 1. The summed E-state index contributed by atoms with van der Waals surface area (Å²) in [6, 6.07) is 10.8. The number of hydrogen-bond donors (Lipinski definition) is 1. The summed E-state index contributed by atoms with van der Waals surface area (Å²) in [7, 11) is 0. The maximum Gasteiger partial charge on any atom is 0.123 e. The fourth-order valence-corrected chi connectivity index (χ4v) is 3.36. The van der Waals surface area contributed by atoms with Crippen LogP contribution in [0.3, 0.4) is 0 Å². The van der Waals surface area contributed by atoms with Crippen LogP contribution in [0.4, 0.5) is 0 Å². The van der Waals surface area contributed by atoms with E-state index >= 15 is 0 Å². The molecule has 160 valence electrons. The Kier molecular flexibility index (Phi) is 14.0. The Morgan fingerprint density at radius 2 is 2.14 bits per heavy atom. The second kappa shape index (κ2) is 16.1. The van der Waals surface area contributed by atoms with Gasteiger partial charge < -0.3 is 10.1 Å². The molecule has 1 aliphatic rings. The number of nitrogens with one attached hydrogen (secondary N) is 1. The largest absolute Gasteiger partial charge is 0.373 e. The first-order valence-electron chi connectivity index (χ1n) is 10.6. The zero-order valence-corrected chi connectivity index (χ0v) is 19.4. The molecule has 1 N–H and O–H groups in total. The van der Waals surface area contributed by atoms with Crippen LogP contribution in [-0.2, 0) is 4.74 Å². The molecule has 1 aliphatic heterocycles. The lowest BCUT2D eigenvalue weighted by atomic mass is 10.2. The molecule has 2 aromatic rings. The van der Waals surface area contributed by atoms with Crippen molar-refractivity contribution in [2.75, 3.05) is 13.2 Å². The molecule has 1 aromatic carbocycles. The van der Waals surface area contributed by atoms with Crippen molar-refractivity contribution in [1.82, 2.24) is 10.3 Å². The van der Waals surface area contributed by atoms with E-state index in [1.165, 1.54) is 36.8 Å². The molecule has 0 amide bonds. The smallest absolute Gasteiger partial charge is 0.123 e. The van der Waals surface area contributed by atoms with E-state index < -0.39 is 0 Å². The molecular formula is C25H38N2OS. The first kappa shape index (κ1) is 25.3. The minimum absolute atomic E-state index is 0.192. The summed E-state index contributed by atoms with van der Waals surface area (Å²) in [5.74, 6) is 0. The van der Waals surface area contributed by atoms with Crippen molar-refractivity contribution in [3.63, 3.8) is 0 Å². The molecule has 0 saturated carbocycles. The van der Waals surface area contributed by atoms with Gasteiger partial charge in [0.15, 0.2) is 0 Å². The van der Waals surface area contributed by atoms with Gasteiger partial charge in [-0.05, 0) is 46.6 Å². The summed E-state index contributed by atoms with van der Waals surface area (Å²) in [4.78, 5) is 4.20. The third kappa shape index (κ3) is 11.7. The average molecular weight is 415 g/mol. The van der Waals surface area contributed by atoms with Crippen LogP contribution in [0.5, 0.6) is 0 Å². The Morgan fingerprint density at radius 3 is 2.62 bits per heavy atom. The number of thiazole rings is 1. The fourth-order valence-electron chi connectivity index (χ4n) is 2.72. The predicted octanol–water partition coefficient (Wildman–Crippen LogP) is 6.89. The summed E-state index contributed by atoms with van der Waals surface area (Å²) >= 11 is 1.66. The third-order valence-corrected chi connectivity index (χ3v) is 5.47. The summed E-state index contributed by atoms with van der Waals surface area (Å²) in [6.45, 7) is 14.1. The van der Waals surface area contributed by atoms with Crippen molar-refractivity contribution in [3.05, 3.63) is 66.2 Å². The summed E-state index contributed by atoms with van der Waals surface area (Å²) in [6.07, 6.45) is 11.1. The highest BCUT2D eigenvalue weighted by molar-refractivity contribution is 7.13. The Balaban J connectivity index is 0.000000225. The second-order valence-electron chi connectivity index (χ2n) is 7.16. The first-order valence-corrected chi connectivity index (χ1v) is 11.5. The van der Waals surface area contributed by atoms with Gasteiger partial charge in [-0.15, -0.1) is 17.9 Å².